The number of halogens is 1. The number of ketones is 1. The Bertz CT molecular complexity index is 937. The number of hydrogen-bond donors (Lipinski definition) is 0. The fourth-order valence-electron chi connectivity index (χ4n) is 2.98. The summed E-state index contributed by atoms with van der Waals surface area (Å²) < 4.78 is 2.88. The smallest absolute Gasteiger partial charge is 0.178 e. The molecule has 2 heterocycles. The van der Waals surface area contributed by atoms with Crippen LogP contribution in [0.5, 0.6) is 0 Å². The van der Waals surface area contributed by atoms with Gasteiger partial charge in [0.1, 0.15) is 5.69 Å². The molecule has 0 fully saturated rings. The molecule has 0 radical (unpaired) electrons. The van der Waals surface area contributed by atoms with Crippen molar-refractivity contribution in [1.82, 2.24) is 14.6 Å². The van der Waals surface area contributed by atoms with Gasteiger partial charge in [0.05, 0.1) is 11.3 Å². The van der Waals surface area contributed by atoms with Crippen LogP contribution in [0.2, 0.25) is 0 Å². The second-order valence-electron chi connectivity index (χ2n) is 6.40. The first-order valence-electron chi connectivity index (χ1n) is 7.98. The zero-order chi connectivity index (χ0) is 17.6. The molecule has 3 aromatic rings. The van der Waals surface area contributed by atoms with Crippen LogP contribution in [0.3, 0.4) is 0 Å². The Labute approximate surface area is 150 Å². The number of nitrogens with zero attached hydrogens (tertiary/aromatic N) is 3. The van der Waals surface area contributed by atoms with Gasteiger partial charge in [0, 0.05) is 22.7 Å². The fraction of sp³-hybridized carbons (Fsp3) is 0.316. The average molecular weight is 386 g/mol. The number of aryl methyl sites for hydroxylation is 2. The predicted molar refractivity (Wildman–Crippen MR) is 99.7 cm³/mol. The van der Waals surface area contributed by atoms with Gasteiger partial charge in [-0.3, -0.25) is 4.79 Å². The van der Waals surface area contributed by atoms with Crippen molar-refractivity contribution in [2.24, 2.45) is 0 Å². The highest BCUT2D eigenvalue weighted by Gasteiger charge is 2.21. The molecule has 0 unspecified atom stereocenters. The lowest BCUT2D eigenvalue weighted by atomic mass is 10.0. The van der Waals surface area contributed by atoms with Crippen LogP contribution >= 0.6 is 15.9 Å². The summed E-state index contributed by atoms with van der Waals surface area (Å²) >= 11 is 3.65. The van der Waals surface area contributed by atoms with Gasteiger partial charge < -0.3 is 0 Å². The van der Waals surface area contributed by atoms with Gasteiger partial charge in [-0.15, -0.1) is 0 Å². The van der Waals surface area contributed by atoms with Crippen molar-refractivity contribution < 1.29 is 4.79 Å². The van der Waals surface area contributed by atoms with Crippen LogP contribution < -0.4 is 0 Å². The molecule has 0 aliphatic heterocycles. The van der Waals surface area contributed by atoms with E-state index in [4.69, 9.17) is 5.10 Å². The van der Waals surface area contributed by atoms with Crippen LogP contribution in [0.25, 0.3) is 16.8 Å². The predicted octanol–water partition coefficient (Wildman–Crippen LogP) is 5.10. The Kier molecular flexibility index (Phi) is 4.30. The minimum atomic E-state index is -0.0342. The Balaban J connectivity index is 2.46. The maximum atomic E-state index is 12.0. The van der Waals surface area contributed by atoms with Gasteiger partial charge in [-0.2, -0.15) is 5.10 Å². The van der Waals surface area contributed by atoms with Crippen molar-refractivity contribution in [3.8, 4) is 11.1 Å². The molecular formula is C19H20BrN3O. The Morgan fingerprint density at radius 2 is 1.92 bits per heavy atom. The van der Waals surface area contributed by atoms with E-state index in [1.54, 1.807) is 6.92 Å². The van der Waals surface area contributed by atoms with E-state index >= 15 is 0 Å². The zero-order valence-corrected chi connectivity index (χ0v) is 16.1. The lowest BCUT2D eigenvalue weighted by Crippen LogP contribution is -2.07. The molecule has 0 spiro atoms. The number of carbonyl (C=O) groups is 1. The van der Waals surface area contributed by atoms with Crippen molar-refractivity contribution in [2.75, 3.05) is 0 Å². The van der Waals surface area contributed by atoms with Crippen LogP contribution in [0.1, 0.15) is 54.1 Å². The summed E-state index contributed by atoms with van der Waals surface area (Å²) in [6.45, 7) is 9.80. The number of benzene rings is 1. The summed E-state index contributed by atoms with van der Waals surface area (Å²) in [6.07, 6.45) is 0. The molecule has 4 nitrogen and oxygen atoms in total. The molecule has 0 atom stereocenters. The van der Waals surface area contributed by atoms with Crippen molar-refractivity contribution in [3.63, 3.8) is 0 Å². The quantitative estimate of drug-likeness (QED) is 0.589. The molecule has 24 heavy (non-hydrogen) atoms. The molecular weight excluding hydrogens is 366 g/mol. The number of carbonyl (C=O) groups excluding carboxylic acids is 1. The number of rotatable bonds is 3. The zero-order valence-electron chi connectivity index (χ0n) is 14.5. The van der Waals surface area contributed by atoms with Crippen molar-refractivity contribution in [2.45, 2.75) is 40.5 Å². The minimum Gasteiger partial charge on any atom is -0.293 e. The van der Waals surface area contributed by atoms with Crippen molar-refractivity contribution in [3.05, 3.63) is 51.4 Å². The normalized spacial score (nSPS) is 11.5. The Morgan fingerprint density at radius 1 is 1.21 bits per heavy atom. The van der Waals surface area contributed by atoms with E-state index in [2.05, 4.69) is 47.8 Å². The van der Waals surface area contributed by atoms with Crippen LogP contribution in [-0.4, -0.2) is 20.4 Å². The second-order valence-corrected chi connectivity index (χ2v) is 7.26. The maximum absolute atomic E-state index is 12.0. The number of aromatic nitrogens is 3. The summed E-state index contributed by atoms with van der Waals surface area (Å²) in [4.78, 5) is 16.6. The van der Waals surface area contributed by atoms with E-state index in [0.717, 1.165) is 38.2 Å². The highest BCUT2D eigenvalue weighted by atomic mass is 79.9. The third-order valence-corrected chi connectivity index (χ3v) is 4.88. The molecule has 3 rings (SSSR count). The molecule has 0 N–H and O–H groups in total. The lowest BCUT2D eigenvalue weighted by Gasteiger charge is -2.11. The van der Waals surface area contributed by atoms with Crippen LogP contribution in [-0.2, 0) is 0 Å². The first-order valence-corrected chi connectivity index (χ1v) is 8.77. The van der Waals surface area contributed by atoms with Crippen LogP contribution in [0.15, 0.2) is 28.7 Å². The highest BCUT2D eigenvalue weighted by molar-refractivity contribution is 9.10. The number of Topliss-reactive ketones (excluding diaryl/α,β-unsaturated/α-hetero) is 1. The molecule has 0 aliphatic carbocycles. The second kappa shape index (κ2) is 6.13. The first kappa shape index (κ1) is 16.8. The van der Waals surface area contributed by atoms with E-state index in [-0.39, 0.29) is 11.7 Å². The summed E-state index contributed by atoms with van der Waals surface area (Å²) in [7, 11) is 0. The SMILES string of the molecule is CC(=O)c1cc(C(C)C)n2nc(C)c(-c3c(C)cccc3Br)c2n1. The molecule has 0 aliphatic rings. The minimum absolute atomic E-state index is 0.0342. The van der Waals surface area contributed by atoms with E-state index in [0.29, 0.717) is 5.69 Å². The molecule has 0 saturated heterocycles. The molecule has 5 heteroatoms. The topological polar surface area (TPSA) is 47.3 Å². The highest BCUT2D eigenvalue weighted by Crippen LogP contribution is 2.36. The van der Waals surface area contributed by atoms with Crippen LogP contribution in [0, 0.1) is 13.8 Å². The fourth-order valence-corrected chi connectivity index (χ4v) is 3.64. The summed E-state index contributed by atoms with van der Waals surface area (Å²) in [6, 6.07) is 7.95. The molecule has 1 aromatic carbocycles. The molecule has 124 valence electrons. The maximum Gasteiger partial charge on any atom is 0.178 e. The largest absolute Gasteiger partial charge is 0.293 e. The third kappa shape index (κ3) is 2.67. The Morgan fingerprint density at radius 3 is 2.50 bits per heavy atom. The standard InChI is InChI=1S/C19H20BrN3O/c1-10(2)16-9-15(13(5)24)21-19-18(12(4)22-23(16)19)17-11(3)7-6-8-14(17)20/h6-10H,1-5H3. The molecule has 0 bridgehead atoms. The number of hydrogen-bond acceptors (Lipinski definition) is 3. The molecule has 0 saturated carbocycles. The lowest BCUT2D eigenvalue weighted by molar-refractivity contribution is 0.101. The van der Waals surface area contributed by atoms with Crippen molar-refractivity contribution >= 4 is 27.4 Å². The number of fused-ring (bicyclic) bond motifs is 1. The summed E-state index contributed by atoms with van der Waals surface area (Å²) in [5.74, 6) is 0.203. The van der Waals surface area contributed by atoms with Gasteiger partial charge in [-0.05, 0) is 37.5 Å². The first-order chi connectivity index (χ1) is 11.3. The van der Waals surface area contributed by atoms with E-state index in [1.807, 2.05) is 29.6 Å². The van der Waals surface area contributed by atoms with E-state index in [1.165, 1.54) is 0 Å². The van der Waals surface area contributed by atoms with Crippen LogP contribution in [0.4, 0.5) is 0 Å². The molecule has 0 amide bonds. The van der Waals surface area contributed by atoms with Gasteiger partial charge in [0.2, 0.25) is 0 Å². The van der Waals surface area contributed by atoms with Gasteiger partial charge >= 0.3 is 0 Å². The third-order valence-electron chi connectivity index (χ3n) is 4.22. The summed E-state index contributed by atoms with van der Waals surface area (Å²) in [5.41, 5.74) is 6.31. The average Bonchev–Trinajstić information content (AvgIpc) is 2.82. The monoisotopic (exact) mass is 385 g/mol. The van der Waals surface area contributed by atoms with Gasteiger partial charge in [-0.1, -0.05) is 41.9 Å². The van der Waals surface area contributed by atoms with Gasteiger partial charge in [0.15, 0.2) is 11.4 Å². The Hall–Kier alpha value is -2.01. The van der Waals surface area contributed by atoms with E-state index in [9.17, 15) is 4.79 Å². The summed E-state index contributed by atoms with van der Waals surface area (Å²) in [5, 5.41) is 4.72. The van der Waals surface area contributed by atoms with E-state index < -0.39 is 0 Å². The molecule has 2 aromatic heterocycles. The van der Waals surface area contributed by atoms with Gasteiger partial charge in [-0.25, -0.2) is 9.50 Å². The van der Waals surface area contributed by atoms with Gasteiger partial charge in [0.25, 0.3) is 0 Å². The van der Waals surface area contributed by atoms with Crippen molar-refractivity contribution in [1.29, 1.82) is 0 Å².